The molecule has 1 radical (unpaired) electrons. The van der Waals surface area contributed by atoms with E-state index in [1.54, 1.807) is 6.08 Å². The van der Waals surface area contributed by atoms with E-state index in [0.29, 0.717) is 0 Å². The van der Waals surface area contributed by atoms with Gasteiger partial charge in [0.2, 0.25) is 0 Å². The molecule has 0 aromatic rings. The van der Waals surface area contributed by atoms with Crippen molar-refractivity contribution in [2.24, 2.45) is 0 Å². The van der Waals surface area contributed by atoms with E-state index in [9.17, 15) is 0 Å². The van der Waals surface area contributed by atoms with Gasteiger partial charge in [-0.2, -0.15) is 0 Å². The molecule has 0 amide bonds. The Kier molecular flexibility index (Phi) is 10.5. The van der Waals surface area contributed by atoms with Gasteiger partial charge in [0.05, 0.1) is 0 Å². The predicted octanol–water partition coefficient (Wildman–Crippen LogP) is 4.46. The van der Waals surface area contributed by atoms with Gasteiger partial charge in [0.25, 0.3) is 0 Å². The first-order valence-corrected chi connectivity index (χ1v) is 5.15. The van der Waals surface area contributed by atoms with Crippen molar-refractivity contribution >= 4 is 0 Å². The topological polar surface area (TPSA) is 0 Å². The van der Waals surface area contributed by atoms with Crippen molar-refractivity contribution in [2.75, 3.05) is 0 Å². The molecule has 0 heteroatoms. The maximum atomic E-state index is 3.82. The van der Waals surface area contributed by atoms with E-state index < -0.39 is 0 Å². The molecule has 0 aromatic heterocycles. The van der Waals surface area contributed by atoms with Crippen LogP contribution in [-0.2, 0) is 0 Å². The van der Waals surface area contributed by atoms with Gasteiger partial charge in [-0.3, -0.25) is 0 Å². The van der Waals surface area contributed by atoms with Gasteiger partial charge in [0, 0.05) is 0 Å². The molecule has 0 spiro atoms. The Labute approximate surface area is 83.0 Å². The average molecular weight is 177 g/mol. The molecule has 0 fully saturated rings. The van der Waals surface area contributed by atoms with Crippen molar-refractivity contribution in [3.63, 3.8) is 0 Å². The first-order chi connectivity index (χ1) is 6.41. The summed E-state index contributed by atoms with van der Waals surface area (Å²) in [6.07, 6.45) is 17.6. The van der Waals surface area contributed by atoms with Gasteiger partial charge >= 0.3 is 0 Å². The van der Waals surface area contributed by atoms with Crippen LogP contribution in [0.4, 0.5) is 0 Å². The van der Waals surface area contributed by atoms with Gasteiger partial charge in [0.15, 0.2) is 0 Å². The molecule has 0 unspecified atom stereocenters. The lowest BCUT2D eigenvalue weighted by Gasteiger charge is -1.95. The summed E-state index contributed by atoms with van der Waals surface area (Å²) in [6, 6.07) is 0. The van der Waals surface area contributed by atoms with E-state index in [2.05, 4.69) is 25.7 Å². The summed E-state index contributed by atoms with van der Waals surface area (Å²) in [4.78, 5) is 0. The average Bonchev–Trinajstić information content (AvgIpc) is 2.16. The lowest BCUT2D eigenvalue weighted by molar-refractivity contribution is 0.651. The number of unbranched alkanes of at least 4 members (excludes halogenated alkanes) is 5. The summed E-state index contributed by atoms with van der Waals surface area (Å²) in [6.45, 7) is 7.42. The van der Waals surface area contributed by atoms with E-state index in [1.807, 2.05) is 12.2 Å². The quantitative estimate of drug-likeness (QED) is 0.379. The van der Waals surface area contributed by atoms with Crippen LogP contribution in [0.1, 0.15) is 38.5 Å². The van der Waals surface area contributed by atoms with Gasteiger partial charge in [-0.15, -0.1) is 0 Å². The highest BCUT2D eigenvalue weighted by atomic mass is 13.9. The van der Waals surface area contributed by atoms with Crippen molar-refractivity contribution < 1.29 is 0 Å². The van der Waals surface area contributed by atoms with Crippen LogP contribution in [0.5, 0.6) is 0 Å². The van der Waals surface area contributed by atoms with Crippen LogP contribution >= 0.6 is 0 Å². The van der Waals surface area contributed by atoms with E-state index >= 15 is 0 Å². The largest absolute Gasteiger partial charge is 0.0991 e. The Morgan fingerprint density at radius 2 is 1.62 bits per heavy atom. The molecule has 0 aliphatic heterocycles. The summed E-state index contributed by atoms with van der Waals surface area (Å²) in [5, 5.41) is 0. The molecule has 13 heavy (non-hydrogen) atoms. The number of hydrogen-bond donors (Lipinski definition) is 0. The zero-order valence-corrected chi connectivity index (χ0v) is 8.54. The third kappa shape index (κ3) is 11.2. The van der Waals surface area contributed by atoms with E-state index in [-0.39, 0.29) is 0 Å². The minimum atomic E-state index is 1.08. The first-order valence-electron chi connectivity index (χ1n) is 5.15. The van der Waals surface area contributed by atoms with Crippen LogP contribution in [0, 0.1) is 6.92 Å². The summed E-state index contributed by atoms with van der Waals surface area (Å²) >= 11 is 0. The SMILES string of the molecule is [CH2]CCCCCCC=CC=CC=C. The molecule has 0 aromatic carbocycles. The van der Waals surface area contributed by atoms with E-state index in [1.165, 1.54) is 32.1 Å². The van der Waals surface area contributed by atoms with Crippen LogP contribution < -0.4 is 0 Å². The van der Waals surface area contributed by atoms with Gasteiger partial charge in [-0.25, -0.2) is 0 Å². The molecule has 0 nitrogen and oxygen atoms in total. The molecule has 0 N–H and O–H groups in total. The normalized spacial score (nSPS) is 11.5. The van der Waals surface area contributed by atoms with Crippen LogP contribution in [-0.4, -0.2) is 0 Å². The van der Waals surface area contributed by atoms with Gasteiger partial charge in [-0.1, -0.05) is 69.6 Å². The van der Waals surface area contributed by atoms with Crippen molar-refractivity contribution in [1.82, 2.24) is 0 Å². The molecule has 0 bridgehead atoms. The monoisotopic (exact) mass is 177 g/mol. The highest BCUT2D eigenvalue weighted by molar-refractivity contribution is 5.08. The van der Waals surface area contributed by atoms with Crippen molar-refractivity contribution in [3.05, 3.63) is 43.9 Å². The van der Waals surface area contributed by atoms with E-state index in [4.69, 9.17) is 0 Å². The molecule has 0 atom stereocenters. The smallest absolute Gasteiger partial charge is 0.0348 e. The third-order valence-electron chi connectivity index (χ3n) is 1.87. The van der Waals surface area contributed by atoms with Crippen LogP contribution in [0.2, 0.25) is 0 Å². The van der Waals surface area contributed by atoms with Crippen LogP contribution in [0.3, 0.4) is 0 Å². The summed E-state index contributed by atoms with van der Waals surface area (Å²) in [5.74, 6) is 0. The fraction of sp³-hybridized carbons (Fsp3) is 0.462. The number of hydrogen-bond acceptors (Lipinski definition) is 0. The molecule has 0 saturated heterocycles. The van der Waals surface area contributed by atoms with Gasteiger partial charge in [-0.05, 0) is 12.8 Å². The Balaban J connectivity index is 3.10. The van der Waals surface area contributed by atoms with Crippen molar-refractivity contribution in [1.29, 1.82) is 0 Å². The Morgan fingerprint density at radius 1 is 0.846 bits per heavy atom. The second-order valence-corrected chi connectivity index (χ2v) is 3.11. The van der Waals surface area contributed by atoms with Gasteiger partial charge < -0.3 is 0 Å². The van der Waals surface area contributed by atoms with Crippen molar-refractivity contribution in [3.8, 4) is 0 Å². The summed E-state index contributed by atoms with van der Waals surface area (Å²) < 4.78 is 0. The maximum Gasteiger partial charge on any atom is -0.0348 e. The highest BCUT2D eigenvalue weighted by Gasteiger charge is 1.85. The Hall–Kier alpha value is -0.780. The van der Waals surface area contributed by atoms with Crippen LogP contribution in [0.25, 0.3) is 0 Å². The molecule has 0 saturated carbocycles. The molecular weight excluding hydrogens is 156 g/mol. The lowest BCUT2D eigenvalue weighted by Crippen LogP contribution is -1.75. The minimum absolute atomic E-state index is 1.08. The fourth-order valence-electron chi connectivity index (χ4n) is 1.11. The number of allylic oxidation sites excluding steroid dienone is 5. The molecule has 0 heterocycles. The summed E-state index contributed by atoms with van der Waals surface area (Å²) in [7, 11) is 0. The zero-order valence-electron chi connectivity index (χ0n) is 8.54. The predicted molar refractivity (Wildman–Crippen MR) is 61.5 cm³/mol. The molecule has 0 aliphatic carbocycles. The minimum Gasteiger partial charge on any atom is -0.0991 e. The molecule has 0 rings (SSSR count). The molecular formula is C13H21. The standard InChI is InChI=1S/C13H21/c1-3-5-7-9-11-13-12-10-8-6-4-2/h3,5,7,9,11H,1-2,4,6,8,10,12-13H2. The third-order valence-corrected chi connectivity index (χ3v) is 1.87. The zero-order chi connectivity index (χ0) is 9.78. The number of rotatable bonds is 8. The molecule has 73 valence electrons. The van der Waals surface area contributed by atoms with E-state index in [0.717, 1.165) is 6.42 Å². The fourth-order valence-corrected chi connectivity index (χ4v) is 1.11. The second-order valence-electron chi connectivity index (χ2n) is 3.11. The van der Waals surface area contributed by atoms with Crippen molar-refractivity contribution in [2.45, 2.75) is 38.5 Å². The lowest BCUT2D eigenvalue weighted by atomic mass is 10.1. The summed E-state index contributed by atoms with van der Waals surface area (Å²) in [5.41, 5.74) is 0. The van der Waals surface area contributed by atoms with Crippen LogP contribution in [0.15, 0.2) is 37.0 Å². The highest BCUT2D eigenvalue weighted by Crippen LogP contribution is 2.04. The second kappa shape index (κ2) is 11.2. The maximum absolute atomic E-state index is 3.82. The first kappa shape index (κ1) is 12.2. The Morgan fingerprint density at radius 3 is 2.31 bits per heavy atom. The van der Waals surface area contributed by atoms with Gasteiger partial charge in [0.1, 0.15) is 0 Å². The Bertz CT molecular complexity index is 151. The molecule has 0 aliphatic rings.